The fraction of sp³-hybridized carbons (Fsp3) is 0.231. The summed E-state index contributed by atoms with van der Waals surface area (Å²) in [6, 6.07) is 5.97. The summed E-state index contributed by atoms with van der Waals surface area (Å²) < 4.78 is 14.6. The number of halogens is 1. The molecule has 1 aromatic heterocycles. The van der Waals surface area contributed by atoms with Crippen LogP contribution in [0.2, 0.25) is 0 Å². The second-order valence-electron chi connectivity index (χ2n) is 3.91. The fourth-order valence-corrected chi connectivity index (χ4v) is 1.90. The van der Waals surface area contributed by atoms with Gasteiger partial charge < -0.3 is 5.11 Å². The van der Waals surface area contributed by atoms with E-state index in [1.807, 2.05) is 6.92 Å². The van der Waals surface area contributed by atoms with Gasteiger partial charge in [-0.2, -0.15) is 5.10 Å². The van der Waals surface area contributed by atoms with Crippen LogP contribution in [0.3, 0.4) is 0 Å². The number of carboxylic acid groups (broad SMARTS) is 1. The average molecular weight is 248 g/mol. The maximum Gasteiger partial charge on any atom is 0.307 e. The van der Waals surface area contributed by atoms with Gasteiger partial charge in [-0.3, -0.25) is 9.48 Å². The smallest absolute Gasteiger partial charge is 0.307 e. The molecule has 0 atom stereocenters. The number of nitrogens with zero attached hydrogens (tertiary/aromatic N) is 2. The molecule has 0 unspecified atom stereocenters. The number of hydrogen-bond donors (Lipinski definition) is 1. The summed E-state index contributed by atoms with van der Waals surface area (Å²) in [5, 5.41) is 13.0. The molecule has 0 saturated carbocycles. The lowest BCUT2D eigenvalue weighted by atomic mass is 10.1. The van der Waals surface area contributed by atoms with E-state index in [1.54, 1.807) is 23.0 Å². The fourth-order valence-electron chi connectivity index (χ4n) is 1.90. The van der Waals surface area contributed by atoms with Crippen LogP contribution in [0.5, 0.6) is 0 Å². The van der Waals surface area contributed by atoms with Crippen molar-refractivity contribution in [2.24, 2.45) is 0 Å². The van der Waals surface area contributed by atoms with Gasteiger partial charge in [-0.05, 0) is 31.2 Å². The molecule has 94 valence electrons. The van der Waals surface area contributed by atoms with Crippen molar-refractivity contribution < 1.29 is 14.3 Å². The molecule has 1 N–H and O–H groups in total. The van der Waals surface area contributed by atoms with Crippen LogP contribution in [0.4, 0.5) is 4.39 Å². The lowest BCUT2D eigenvalue weighted by Crippen LogP contribution is -2.04. The predicted octanol–water partition coefficient (Wildman–Crippen LogP) is 2.34. The van der Waals surface area contributed by atoms with Gasteiger partial charge in [0.05, 0.1) is 18.3 Å². The molecule has 0 amide bonds. The van der Waals surface area contributed by atoms with Crippen LogP contribution in [0.15, 0.2) is 30.5 Å². The molecule has 0 radical (unpaired) electrons. The number of aryl methyl sites for hydroxylation is 1. The van der Waals surface area contributed by atoms with Gasteiger partial charge in [0.25, 0.3) is 0 Å². The van der Waals surface area contributed by atoms with Crippen molar-refractivity contribution in [3.63, 3.8) is 0 Å². The molecule has 18 heavy (non-hydrogen) atoms. The molecule has 0 bridgehead atoms. The van der Waals surface area contributed by atoms with Crippen molar-refractivity contribution in [2.45, 2.75) is 19.9 Å². The SMILES string of the molecule is CCn1ncc(CC(=O)O)c1-c1ccc(F)cc1. The van der Waals surface area contributed by atoms with Crippen LogP contribution >= 0.6 is 0 Å². The van der Waals surface area contributed by atoms with Crippen molar-refractivity contribution in [2.75, 3.05) is 0 Å². The highest BCUT2D eigenvalue weighted by atomic mass is 19.1. The van der Waals surface area contributed by atoms with Crippen molar-refractivity contribution in [1.29, 1.82) is 0 Å². The first-order valence-corrected chi connectivity index (χ1v) is 5.64. The third-order valence-electron chi connectivity index (χ3n) is 2.67. The molecular weight excluding hydrogens is 235 g/mol. The van der Waals surface area contributed by atoms with Gasteiger partial charge in [0.15, 0.2) is 0 Å². The van der Waals surface area contributed by atoms with Crippen LogP contribution in [0.25, 0.3) is 11.3 Å². The number of benzene rings is 1. The second-order valence-corrected chi connectivity index (χ2v) is 3.91. The Balaban J connectivity index is 2.49. The minimum absolute atomic E-state index is 0.0906. The van der Waals surface area contributed by atoms with Crippen LogP contribution < -0.4 is 0 Å². The third-order valence-corrected chi connectivity index (χ3v) is 2.67. The second kappa shape index (κ2) is 5.00. The molecule has 2 aromatic rings. The van der Waals surface area contributed by atoms with E-state index in [0.717, 1.165) is 11.3 Å². The monoisotopic (exact) mass is 248 g/mol. The van der Waals surface area contributed by atoms with Crippen molar-refractivity contribution in [3.8, 4) is 11.3 Å². The topological polar surface area (TPSA) is 55.1 Å². The van der Waals surface area contributed by atoms with Crippen LogP contribution in [-0.2, 0) is 17.8 Å². The van der Waals surface area contributed by atoms with E-state index in [1.165, 1.54) is 12.1 Å². The number of aliphatic carboxylic acids is 1. The summed E-state index contributed by atoms with van der Waals surface area (Å²) in [4.78, 5) is 10.8. The number of rotatable bonds is 4. The first kappa shape index (κ1) is 12.3. The van der Waals surface area contributed by atoms with Crippen molar-refractivity contribution in [3.05, 3.63) is 41.8 Å². The molecule has 0 saturated heterocycles. The Morgan fingerprint density at radius 3 is 2.61 bits per heavy atom. The summed E-state index contributed by atoms with van der Waals surface area (Å²) in [6.45, 7) is 2.55. The van der Waals surface area contributed by atoms with Crippen LogP contribution in [-0.4, -0.2) is 20.9 Å². The quantitative estimate of drug-likeness (QED) is 0.903. The lowest BCUT2D eigenvalue weighted by Gasteiger charge is -2.07. The number of carboxylic acids is 1. The van der Waals surface area contributed by atoms with Gasteiger partial charge >= 0.3 is 5.97 Å². The molecule has 0 fully saturated rings. The number of hydrogen-bond acceptors (Lipinski definition) is 2. The Kier molecular flexibility index (Phi) is 3.41. The van der Waals surface area contributed by atoms with Crippen LogP contribution in [0, 0.1) is 5.82 Å². The minimum atomic E-state index is -0.908. The highest BCUT2D eigenvalue weighted by Crippen LogP contribution is 2.24. The van der Waals surface area contributed by atoms with E-state index >= 15 is 0 Å². The Labute approximate surface area is 104 Å². The van der Waals surface area contributed by atoms with E-state index in [0.29, 0.717) is 12.1 Å². The average Bonchev–Trinajstić information content (AvgIpc) is 2.72. The summed E-state index contributed by atoms with van der Waals surface area (Å²) in [5.41, 5.74) is 2.14. The third kappa shape index (κ3) is 2.40. The lowest BCUT2D eigenvalue weighted by molar-refractivity contribution is -0.136. The van der Waals surface area contributed by atoms with Crippen molar-refractivity contribution in [1.82, 2.24) is 9.78 Å². The summed E-state index contributed by atoms with van der Waals surface area (Å²) >= 11 is 0. The Morgan fingerprint density at radius 1 is 1.39 bits per heavy atom. The zero-order chi connectivity index (χ0) is 13.1. The molecular formula is C13H13FN2O2. The maximum atomic E-state index is 12.9. The summed E-state index contributed by atoms with van der Waals surface area (Å²) in [6.07, 6.45) is 1.46. The van der Waals surface area contributed by atoms with E-state index in [4.69, 9.17) is 5.11 Å². The standard InChI is InChI=1S/C13H13FN2O2/c1-2-16-13(9-3-5-11(14)6-4-9)10(8-15-16)7-12(17)18/h3-6,8H,2,7H2,1H3,(H,17,18). The van der Waals surface area contributed by atoms with Crippen molar-refractivity contribution >= 4 is 5.97 Å². The summed E-state index contributed by atoms with van der Waals surface area (Å²) in [7, 11) is 0. The predicted molar refractivity (Wildman–Crippen MR) is 64.6 cm³/mol. The number of carbonyl (C=O) groups is 1. The highest BCUT2D eigenvalue weighted by molar-refractivity contribution is 5.75. The Morgan fingerprint density at radius 2 is 2.06 bits per heavy atom. The highest BCUT2D eigenvalue weighted by Gasteiger charge is 2.14. The Bertz CT molecular complexity index is 561. The molecule has 0 spiro atoms. The molecule has 0 aliphatic carbocycles. The zero-order valence-electron chi connectivity index (χ0n) is 9.93. The van der Waals surface area contributed by atoms with Crippen LogP contribution in [0.1, 0.15) is 12.5 Å². The van der Waals surface area contributed by atoms with Gasteiger partial charge in [-0.15, -0.1) is 0 Å². The van der Waals surface area contributed by atoms with Gasteiger partial charge in [0.1, 0.15) is 5.82 Å². The number of aromatic nitrogens is 2. The van der Waals surface area contributed by atoms with Gasteiger partial charge in [-0.25, -0.2) is 4.39 Å². The normalized spacial score (nSPS) is 10.6. The molecule has 1 heterocycles. The molecule has 1 aromatic carbocycles. The molecule has 5 heteroatoms. The molecule has 0 aliphatic heterocycles. The molecule has 0 aliphatic rings. The van der Waals surface area contributed by atoms with E-state index in [2.05, 4.69) is 5.10 Å². The van der Waals surface area contributed by atoms with Gasteiger partial charge in [0.2, 0.25) is 0 Å². The minimum Gasteiger partial charge on any atom is -0.481 e. The van der Waals surface area contributed by atoms with E-state index in [-0.39, 0.29) is 12.2 Å². The first-order chi connectivity index (χ1) is 8.61. The first-order valence-electron chi connectivity index (χ1n) is 5.64. The largest absolute Gasteiger partial charge is 0.481 e. The molecule has 2 rings (SSSR count). The van der Waals surface area contributed by atoms with Gasteiger partial charge in [-0.1, -0.05) is 0 Å². The maximum absolute atomic E-state index is 12.9. The summed E-state index contributed by atoms with van der Waals surface area (Å²) in [5.74, 6) is -1.23. The van der Waals surface area contributed by atoms with Gasteiger partial charge in [0, 0.05) is 17.7 Å². The molecule has 4 nitrogen and oxygen atoms in total. The Hall–Kier alpha value is -2.17. The zero-order valence-corrected chi connectivity index (χ0v) is 9.93. The van der Waals surface area contributed by atoms with E-state index in [9.17, 15) is 9.18 Å². The van der Waals surface area contributed by atoms with E-state index < -0.39 is 5.97 Å².